The van der Waals surface area contributed by atoms with Gasteiger partial charge in [-0.15, -0.1) is 0 Å². The Morgan fingerprint density at radius 1 is 1.06 bits per heavy atom. The molecule has 0 unspecified atom stereocenters. The zero-order chi connectivity index (χ0) is 24.5. The zero-order valence-corrected chi connectivity index (χ0v) is 19.4. The Morgan fingerprint density at radius 2 is 1.76 bits per heavy atom. The van der Waals surface area contributed by atoms with E-state index in [2.05, 4.69) is 10.6 Å². The third kappa shape index (κ3) is 6.54. The highest BCUT2D eigenvalue weighted by Gasteiger charge is 2.34. The van der Waals surface area contributed by atoms with Gasteiger partial charge in [0.2, 0.25) is 5.91 Å². The molecule has 2 N–H and O–H groups in total. The second-order valence-corrected chi connectivity index (χ2v) is 8.11. The number of hydrogen-bond donors (Lipinski definition) is 2. The van der Waals surface area contributed by atoms with Crippen LogP contribution in [0.25, 0.3) is 0 Å². The van der Waals surface area contributed by atoms with Gasteiger partial charge >= 0.3 is 0 Å². The number of benzene rings is 2. The summed E-state index contributed by atoms with van der Waals surface area (Å²) in [5, 5.41) is 5.66. The van der Waals surface area contributed by atoms with Crippen LogP contribution in [0.3, 0.4) is 0 Å². The highest BCUT2D eigenvalue weighted by molar-refractivity contribution is 5.98. The minimum absolute atomic E-state index is 0.173. The largest absolute Gasteiger partial charge is 0.497 e. The van der Waals surface area contributed by atoms with E-state index in [0.29, 0.717) is 56.0 Å². The number of halogens is 1. The molecule has 2 aromatic carbocycles. The molecule has 1 saturated heterocycles. The highest BCUT2D eigenvalue weighted by atomic mass is 19.1. The van der Waals surface area contributed by atoms with Gasteiger partial charge in [-0.05, 0) is 55.2 Å². The molecule has 8 nitrogen and oxygen atoms in total. The van der Waals surface area contributed by atoms with Crippen molar-refractivity contribution in [1.82, 2.24) is 15.5 Å². The number of ether oxygens (including phenoxy) is 2. The SMILES string of the molecule is COCCNC(=O)[C@@H](NC(=O)c1cccc(OC)c1)C1CCN(C(=O)c2cccc(F)c2)CC1. The second kappa shape index (κ2) is 12.1. The van der Waals surface area contributed by atoms with Gasteiger partial charge in [-0.1, -0.05) is 12.1 Å². The van der Waals surface area contributed by atoms with Crippen molar-refractivity contribution in [2.75, 3.05) is 40.5 Å². The number of nitrogens with zero attached hydrogens (tertiary/aromatic N) is 1. The molecule has 0 aliphatic carbocycles. The van der Waals surface area contributed by atoms with Crippen molar-refractivity contribution in [1.29, 1.82) is 0 Å². The Hall–Kier alpha value is -3.46. The smallest absolute Gasteiger partial charge is 0.253 e. The summed E-state index contributed by atoms with van der Waals surface area (Å²) in [7, 11) is 3.06. The number of nitrogens with one attached hydrogen (secondary N) is 2. The third-order valence-electron chi connectivity index (χ3n) is 5.88. The summed E-state index contributed by atoms with van der Waals surface area (Å²) in [6, 6.07) is 11.5. The predicted molar refractivity (Wildman–Crippen MR) is 124 cm³/mol. The monoisotopic (exact) mass is 471 g/mol. The average molecular weight is 472 g/mol. The van der Waals surface area contributed by atoms with Gasteiger partial charge in [0.25, 0.3) is 11.8 Å². The van der Waals surface area contributed by atoms with Gasteiger partial charge < -0.3 is 25.0 Å². The fourth-order valence-electron chi connectivity index (χ4n) is 4.01. The molecule has 9 heteroatoms. The zero-order valence-electron chi connectivity index (χ0n) is 19.4. The third-order valence-corrected chi connectivity index (χ3v) is 5.88. The average Bonchev–Trinajstić information content (AvgIpc) is 2.87. The van der Waals surface area contributed by atoms with E-state index in [9.17, 15) is 18.8 Å². The van der Waals surface area contributed by atoms with Gasteiger partial charge in [-0.3, -0.25) is 14.4 Å². The van der Waals surface area contributed by atoms with E-state index in [1.165, 1.54) is 25.3 Å². The van der Waals surface area contributed by atoms with Gasteiger partial charge in [0.1, 0.15) is 17.6 Å². The van der Waals surface area contributed by atoms with Crippen molar-refractivity contribution in [2.24, 2.45) is 5.92 Å². The Bertz CT molecular complexity index is 1010. The molecular formula is C25H30FN3O5. The first-order chi connectivity index (χ1) is 16.4. The van der Waals surface area contributed by atoms with Crippen molar-refractivity contribution >= 4 is 17.7 Å². The van der Waals surface area contributed by atoms with Crippen molar-refractivity contribution in [3.63, 3.8) is 0 Å². The number of amides is 3. The maximum absolute atomic E-state index is 13.5. The van der Waals surface area contributed by atoms with Gasteiger partial charge in [-0.25, -0.2) is 4.39 Å². The number of piperidine rings is 1. The second-order valence-electron chi connectivity index (χ2n) is 8.11. The van der Waals surface area contributed by atoms with Crippen molar-refractivity contribution in [3.05, 3.63) is 65.5 Å². The highest BCUT2D eigenvalue weighted by Crippen LogP contribution is 2.23. The molecule has 1 heterocycles. The van der Waals surface area contributed by atoms with E-state index in [1.807, 2.05) is 0 Å². The number of methoxy groups -OCH3 is 2. The van der Waals surface area contributed by atoms with E-state index in [1.54, 1.807) is 42.3 Å². The Balaban J connectivity index is 1.69. The van der Waals surface area contributed by atoms with Crippen molar-refractivity contribution in [3.8, 4) is 5.75 Å². The standard InChI is InChI=1S/C25H30FN3O5/c1-33-14-11-27-24(31)22(28-23(30)18-5-4-8-21(16-18)34-2)17-9-12-29(13-10-17)25(32)19-6-3-7-20(26)15-19/h3-8,15-17,22H,9-14H2,1-2H3,(H,27,31)(H,28,30)/t22-/m0/s1. The van der Waals surface area contributed by atoms with Gasteiger partial charge in [0.05, 0.1) is 13.7 Å². The van der Waals surface area contributed by atoms with Crippen molar-refractivity contribution < 1.29 is 28.2 Å². The Kier molecular flexibility index (Phi) is 8.98. The van der Waals surface area contributed by atoms with E-state index >= 15 is 0 Å². The number of hydrogen-bond acceptors (Lipinski definition) is 5. The van der Waals surface area contributed by atoms with E-state index in [-0.39, 0.29) is 23.6 Å². The maximum atomic E-state index is 13.5. The van der Waals surface area contributed by atoms with Crippen LogP contribution in [0.5, 0.6) is 5.75 Å². The topological polar surface area (TPSA) is 97.0 Å². The van der Waals surface area contributed by atoms with E-state index < -0.39 is 11.9 Å². The summed E-state index contributed by atoms with van der Waals surface area (Å²) < 4.78 is 23.7. The summed E-state index contributed by atoms with van der Waals surface area (Å²) in [6.07, 6.45) is 1.03. The molecule has 2 aromatic rings. The van der Waals surface area contributed by atoms with Crippen LogP contribution < -0.4 is 15.4 Å². The first kappa shape index (κ1) is 25.2. The van der Waals surface area contributed by atoms with Crippen LogP contribution in [0.1, 0.15) is 33.6 Å². The molecule has 0 radical (unpaired) electrons. The molecule has 3 rings (SSSR count). The number of rotatable bonds is 9. The van der Waals surface area contributed by atoms with Crippen LogP contribution in [0.4, 0.5) is 4.39 Å². The van der Waals surface area contributed by atoms with E-state index in [0.717, 1.165) is 0 Å². The molecule has 0 aromatic heterocycles. The van der Waals surface area contributed by atoms with Crippen LogP contribution in [-0.2, 0) is 9.53 Å². The Morgan fingerprint density at radius 3 is 2.44 bits per heavy atom. The lowest BCUT2D eigenvalue weighted by Gasteiger charge is -2.36. The molecule has 1 fully saturated rings. The van der Waals surface area contributed by atoms with Gasteiger partial charge in [0.15, 0.2) is 0 Å². The molecule has 0 saturated carbocycles. The molecule has 0 spiro atoms. The normalized spacial score (nSPS) is 14.9. The first-order valence-corrected chi connectivity index (χ1v) is 11.2. The van der Waals surface area contributed by atoms with Crippen molar-refractivity contribution in [2.45, 2.75) is 18.9 Å². The quantitative estimate of drug-likeness (QED) is 0.547. The summed E-state index contributed by atoms with van der Waals surface area (Å²) >= 11 is 0. The van der Waals surface area contributed by atoms with E-state index in [4.69, 9.17) is 9.47 Å². The minimum Gasteiger partial charge on any atom is -0.497 e. The molecule has 34 heavy (non-hydrogen) atoms. The fraction of sp³-hybridized carbons (Fsp3) is 0.400. The number of likely N-dealkylation sites (tertiary alicyclic amines) is 1. The number of carbonyl (C=O) groups excluding carboxylic acids is 3. The van der Waals surface area contributed by atoms with Gasteiger partial charge in [0, 0.05) is 37.9 Å². The maximum Gasteiger partial charge on any atom is 0.253 e. The molecule has 182 valence electrons. The summed E-state index contributed by atoms with van der Waals surface area (Å²) in [5.41, 5.74) is 0.673. The molecule has 1 aliphatic heterocycles. The summed E-state index contributed by atoms with van der Waals surface area (Å²) in [6.45, 7) is 1.47. The predicted octanol–water partition coefficient (Wildman–Crippen LogP) is 2.25. The molecule has 1 aliphatic rings. The summed E-state index contributed by atoms with van der Waals surface area (Å²) in [5.74, 6) is -1.04. The molecular weight excluding hydrogens is 441 g/mol. The van der Waals surface area contributed by atoms with Crippen LogP contribution >= 0.6 is 0 Å². The fourth-order valence-corrected chi connectivity index (χ4v) is 4.01. The van der Waals surface area contributed by atoms with Crippen LogP contribution in [-0.4, -0.2) is 69.1 Å². The lowest BCUT2D eigenvalue weighted by molar-refractivity contribution is -0.124. The number of carbonyl (C=O) groups is 3. The minimum atomic E-state index is -0.776. The van der Waals surface area contributed by atoms with Crippen LogP contribution in [0, 0.1) is 11.7 Å². The Labute approximate surface area is 198 Å². The van der Waals surface area contributed by atoms with Crippen LogP contribution in [0.2, 0.25) is 0 Å². The summed E-state index contributed by atoms with van der Waals surface area (Å²) in [4.78, 5) is 40.3. The molecule has 1 atom stereocenters. The molecule has 3 amide bonds. The van der Waals surface area contributed by atoms with Gasteiger partial charge in [-0.2, -0.15) is 0 Å². The molecule has 0 bridgehead atoms. The lowest BCUT2D eigenvalue weighted by atomic mass is 9.88. The first-order valence-electron chi connectivity index (χ1n) is 11.2. The lowest BCUT2D eigenvalue weighted by Crippen LogP contribution is -2.54. The van der Waals surface area contributed by atoms with Crippen LogP contribution in [0.15, 0.2) is 48.5 Å².